The third kappa shape index (κ3) is 5.72. The second-order valence-electron chi connectivity index (χ2n) is 9.03. The van der Waals surface area contributed by atoms with Crippen molar-refractivity contribution >= 4 is 5.91 Å². The van der Waals surface area contributed by atoms with Gasteiger partial charge in [-0.25, -0.2) is 0 Å². The third-order valence-corrected chi connectivity index (χ3v) is 5.47. The highest BCUT2D eigenvalue weighted by Crippen LogP contribution is 2.30. The topological polar surface area (TPSA) is 51.1 Å². The molecular formula is C26H27F3N2O2. The van der Waals surface area contributed by atoms with E-state index in [1.807, 2.05) is 12.1 Å². The van der Waals surface area contributed by atoms with Crippen molar-refractivity contribution in [1.29, 1.82) is 0 Å². The van der Waals surface area contributed by atoms with Crippen molar-refractivity contribution in [1.82, 2.24) is 9.88 Å². The maximum atomic E-state index is 13.1. The van der Waals surface area contributed by atoms with Gasteiger partial charge in [-0.1, -0.05) is 51.1 Å². The lowest BCUT2D eigenvalue weighted by atomic mass is 9.86. The van der Waals surface area contributed by atoms with Crippen LogP contribution in [0.4, 0.5) is 13.2 Å². The van der Waals surface area contributed by atoms with Crippen molar-refractivity contribution in [2.45, 2.75) is 45.7 Å². The number of aromatic nitrogens is 1. The first-order chi connectivity index (χ1) is 15.4. The van der Waals surface area contributed by atoms with Crippen LogP contribution in [-0.4, -0.2) is 17.0 Å². The molecule has 0 aliphatic heterocycles. The smallest absolute Gasteiger partial charge is 0.352 e. The molecule has 2 aromatic carbocycles. The lowest BCUT2D eigenvalue weighted by Crippen LogP contribution is -2.34. The molecule has 3 rings (SSSR count). The number of rotatable bonds is 5. The first-order valence-corrected chi connectivity index (χ1v) is 10.7. The van der Waals surface area contributed by atoms with E-state index in [2.05, 4.69) is 38.2 Å². The summed E-state index contributed by atoms with van der Waals surface area (Å²) in [6, 6.07) is 15.6. The second-order valence-corrected chi connectivity index (χ2v) is 9.03. The lowest BCUT2D eigenvalue weighted by Gasteiger charge is -2.19. The standard InChI is InChI=1S/C26H27F3N2O2/c1-17-8-13-22(24(33)31(17)21-7-5-6-20(16-21)26(27,28)29)23(32)30-15-14-18-9-11-19(12-10-18)25(2,3)4/h5-13,16H,14-15H2,1-4H3,(H,30,32). The quantitative estimate of drug-likeness (QED) is 0.556. The number of carbonyl (C=O) groups is 1. The summed E-state index contributed by atoms with van der Waals surface area (Å²) in [5.41, 5.74) is 1.15. The van der Waals surface area contributed by atoms with Crippen molar-refractivity contribution in [3.63, 3.8) is 0 Å². The number of pyridine rings is 1. The van der Waals surface area contributed by atoms with Gasteiger partial charge in [-0.05, 0) is 60.2 Å². The van der Waals surface area contributed by atoms with Gasteiger partial charge in [0, 0.05) is 17.9 Å². The van der Waals surface area contributed by atoms with Gasteiger partial charge < -0.3 is 5.32 Å². The van der Waals surface area contributed by atoms with Crippen LogP contribution < -0.4 is 10.9 Å². The first-order valence-electron chi connectivity index (χ1n) is 10.7. The molecule has 0 fully saturated rings. The average Bonchev–Trinajstić information content (AvgIpc) is 2.73. The predicted molar refractivity (Wildman–Crippen MR) is 123 cm³/mol. The molecule has 0 radical (unpaired) electrons. The molecule has 0 bridgehead atoms. The zero-order valence-corrected chi connectivity index (χ0v) is 19.1. The van der Waals surface area contributed by atoms with Crippen LogP contribution >= 0.6 is 0 Å². The molecule has 3 aromatic rings. The molecule has 33 heavy (non-hydrogen) atoms. The van der Waals surface area contributed by atoms with Crippen LogP contribution in [0.1, 0.15) is 53.5 Å². The summed E-state index contributed by atoms with van der Waals surface area (Å²) in [5, 5.41) is 2.73. The van der Waals surface area contributed by atoms with E-state index in [4.69, 9.17) is 0 Å². The van der Waals surface area contributed by atoms with Crippen molar-refractivity contribution in [2.24, 2.45) is 0 Å². The number of nitrogens with zero attached hydrogens (tertiary/aromatic N) is 1. The summed E-state index contributed by atoms with van der Waals surface area (Å²) < 4.78 is 40.4. The van der Waals surface area contributed by atoms with Crippen LogP contribution in [0, 0.1) is 6.92 Å². The first kappa shape index (κ1) is 24.3. The minimum atomic E-state index is -4.53. The largest absolute Gasteiger partial charge is 0.416 e. The highest BCUT2D eigenvalue weighted by molar-refractivity contribution is 5.93. The fraction of sp³-hybridized carbons (Fsp3) is 0.308. The fourth-order valence-corrected chi connectivity index (χ4v) is 3.53. The van der Waals surface area contributed by atoms with E-state index in [0.29, 0.717) is 18.7 Å². The number of hydrogen-bond donors (Lipinski definition) is 1. The minimum Gasteiger partial charge on any atom is -0.352 e. The maximum absolute atomic E-state index is 13.1. The summed E-state index contributed by atoms with van der Waals surface area (Å²) in [4.78, 5) is 25.6. The summed E-state index contributed by atoms with van der Waals surface area (Å²) in [6.07, 6.45) is -3.95. The number of aryl methyl sites for hydroxylation is 1. The van der Waals surface area contributed by atoms with Crippen LogP contribution in [0.3, 0.4) is 0 Å². The van der Waals surface area contributed by atoms with Gasteiger partial charge in [-0.15, -0.1) is 0 Å². The Morgan fingerprint density at radius 1 is 0.939 bits per heavy atom. The molecule has 0 saturated heterocycles. The molecule has 174 valence electrons. The Morgan fingerprint density at radius 3 is 2.21 bits per heavy atom. The van der Waals surface area contributed by atoms with Crippen molar-refractivity contribution < 1.29 is 18.0 Å². The number of nitrogens with one attached hydrogen (secondary N) is 1. The molecule has 1 aromatic heterocycles. The Balaban J connectivity index is 1.77. The van der Waals surface area contributed by atoms with Crippen LogP contribution in [0.25, 0.3) is 5.69 Å². The van der Waals surface area contributed by atoms with E-state index in [-0.39, 0.29) is 16.7 Å². The zero-order valence-electron chi connectivity index (χ0n) is 19.1. The monoisotopic (exact) mass is 456 g/mol. The van der Waals surface area contributed by atoms with Crippen LogP contribution in [0.2, 0.25) is 0 Å². The van der Waals surface area contributed by atoms with Gasteiger partial charge in [-0.2, -0.15) is 13.2 Å². The van der Waals surface area contributed by atoms with E-state index >= 15 is 0 Å². The van der Waals surface area contributed by atoms with Crippen molar-refractivity contribution in [2.75, 3.05) is 6.54 Å². The van der Waals surface area contributed by atoms with Gasteiger partial charge in [0.25, 0.3) is 11.5 Å². The second kappa shape index (κ2) is 9.25. The molecule has 0 spiro atoms. The van der Waals surface area contributed by atoms with Gasteiger partial charge in [-0.3, -0.25) is 14.2 Å². The van der Waals surface area contributed by atoms with Gasteiger partial charge in [0.15, 0.2) is 0 Å². The van der Waals surface area contributed by atoms with Crippen LogP contribution in [0.15, 0.2) is 65.5 Å². The SMILES string of the molecule is Cc1ccc(C(=O)NCCc2ccc(C(C)(C)C)cc2)c(=O)n1-c1cccc(C(F)(F)F)c1. The Labute approximate surface area is 191 Å². The number of amides is 1. The van der Waals surface area contributed by atoms with Crippen molar-refractivity contribution in [3.05, 3.63) is 99.0 Å². The Hall–Kier alpha value is -3.35. The molecule has 1 N–H and O–H groups in total. The number of hydrogen-bond acceptors (Lipinski definition) is 2. The van der Waals surface area contributed by atoms with E-state index in [1.165, 1.54) is 23.8 Å². The molecule has 0 aliphatic rings. The molecule has 0 aliphatic carbocycles. The highest BCUT2D eigenvalue weighted by atomic mass is 19.4. The average molecular weight is 457 g/mol. The Morgan fingerprint density at radius 2 is 1.61 bits per heavy atom. The highest BCUT2D eigenvalue weighted by Gasteiger charge is 2.30. The zero-order chi connectivity index (χ0) is 24.4. The molecule has 0 atom stereocenters. The fourth-order valence-electron chi connectivity index (χ4n) is 3.53. The number of carbonyl (C=O) groups excluding carboxylic acids is 1. The number of alkyl halides is 3. The Kier molecular flexibility index (Phi) is 6.81. The molecule has 1 amide bonds. The Bertz CT molecular complexity index is 1200. The summed E-state index contributed by atoms with van der Waals surface area (Å²) >= 11 is 0. The van der Waals surface area contributed by atoms with Gasteiger partial charge >= 0.3 is 6.18 Å². The lowest BCUT2D eigenvalue weighted by molar-refractivity contribution is -0.137. The molecule has 4 nitrogen and oxygen atoms in total. The minimum absolute atomic E-state index is 0.0533. The van der Waals surface area contributed by atoms with Gasteiger partial charge in [0.05, 0.1) is 5.56 Å². The molecule has 7 heteroatoms. The molecule has 0 unspecified atom stereocenters. The van der Waals surface area contributed by atoms with Gasteiger partial charge in [0.2, 0.25) is 0 Å². The third-order valence-electron chi connectivity index (χ3n) is 5.47. The van der Waals surface area contributed by atoms with Gasteiger partial charge in [0.1, 0.15) is 5.56 Å². The number of benzene rings is 2. The van der Waals surface area contributed by atoms with E-state index in [1.54, 1.807) is 13.0 Å². The summed E-state index contributed by atoms with van der Waals surface area (Å²) in [6.45, 7) is 8.33. The normalized spacial score (nSPS) is 12.0. The molecule has 0 saturated carbocycles. The van der Waals surface area contributed by atoms with Crippen LogP contribution in [-0.2, 0) is 18.0 Å². The number of halogens is 3. The predicted octanol–water partition coefficient (Wildman–Crippen LogP) is 5.43. The molecular weight excluding hydrogens is 429 g/mol. The van der Waals surface area contributed by atoms with Crippen LogP contribution in [0.5, 0.6) is 0 Å². The van der Waals surface area contributed by atoms with E-state index in [9.17, 15) is 22.8 Å². The van der Waals surface area contributed by atoms with E-state index in [0.717, 1.165) is 22.3 Å². The molecule has 1 heterocycles. The summed E-state index contributed by atoms with van der Waals surface area (Å²) in [7, 11) is 0. The summed E-state index contributed by atoms with van der Waals surface area (Å²) in [5.74, 6) is -0.563. The van der Waals surface area contributed by atoms with Crippen molar-refractivity contribution in [3.8, 4) is 5.69 Å². The van der Waals surface area contributed by atoms with E-state index < -0.39 is 23.2 Å². The maximum Gasteiger partial charge on any atom is 0.416 e.